The van der Waals surface area contributed by atoms with Crippen LogP contribution in [-0.2, 0) is 0 Å². The summed E-state index contributed by atoms with van der Waals surface area (Å²) in [5, 5.41) is 0. The Hall–Kier alpha value is -0.260. The zero-order valence-electron chi connectivity index (χ0n) is 19.2. The van der Waals surface area contributed by atoms with Crippen molar-refractivity contribution in [1.29, 1.82) is 0 Å². The minimum Gasteiger partial charge on any atom is -0.0885 e. The molecule has 0 bridgehead atoms. The fraction of sp³-hybridized carbons (Fsp3) is 0.923. The van der Waals surface area contributed by atoms with E-state index in [-0.39, 0.29) is 0 Å². The molecule has 0 aromatic rings. The van der Waals surface area contributed by atoms with Crippen LogP contribution >= 0.6 is 0 Å². The van der Waals surface area contributed by atoms with E-state index in [1.165, 1.54) is 103 Å². The first kappa shape index (κ1) is 25.7. The van der Waals surface area contributed by atoms with Crippen LogP contribution in [-0.4, -0.2) is 0 Å². The van der Waals surface area contributed by atoms with Crippen LogP contribution in [0.1, 0.15) is 137 Å². The molecular weight excluding hydrogens is 312 g/mol. The molecule has 0 aliphatic heterocycles. The van der Waals surface area contributed by atoms with Crippen molar-refractivity contribution in [2.45, 2.75) is 137 Å². The van der Waals surface area contributed by atoms with Crippen LogP contribution < -0.4 is 0 Å². The average molecular weight is 365 g/mol. The van der Waals surface area contributed by atoms with Gasteiger partial charge in [-0.2, -0.15) is 0 Å². The Bertz CT molecular complexity index is 286. The monoisotopic (exact) mass is 364 g/mol. The smallest absolute Gasteiger partial charge is 0.0322 e. The van der Waals surface area contributed by atoms with Gasteiger partial charge in [0.05, 0.1) is 0 Å². The minimum absolute atomic E-state index is 0.852. The van der Waals surface area contributed by atoms with Crippen LogP contribution in [0.3, 0.4) is 0 Å². The van der Waals surface area contributed by atoms with Gasteiger partial charge >= 0.3 is 0 Å². The molecule has 0 heteroatoms. The lowest BCUT2D eigenvalue weighted by Crippen LogP contribution is -2.08. The van der Waals surface area contributed by atoms with E-state index in [1.54, 1.807) is 0 Å². The zero-order chi connectivity index (χ0) is 19.5. The molecule has 0 radical (unpaired) electrons. The van der Waals surface area contributed by atoms with Gasteiger partial charge in [-0.05, 0) is 37.0 Å². The third-order valence-electron chi connectivity index (χ3n) is 6.45. The quantitative estimate of drug-likeness (QED) is 0.158. The molecule has 2 unspecified atom stereocenters. The summed E-state index contributed by atoms with van der Waals surface area (Å²) >= 11 is 0. The van der Waals surface area contributed by atoms with E-state index < -0.39 is 0 Å². The Morgan fingerprint density at radius 1 is 0.615 bits per heavy atom. The fourth-order valence-electron chi connectivity index (χ4n) is 4.38. The lowest BCUT2D eigenvalue weighted by atomic mass is 9.86. The predicted octanol–water partition coefficient (Wildman–Crippen LogP) is 9.73. The third kappa shape index (κ3) is 14.9. The second-order valence-electron chi connectivity index (χ2n) is 8.76. The van der Waals surface area contributed by atoms with E-state index in [9.17, 15) is 0 Å². The van der Waals surface area contributed by atoms with Crippen LogP contribution in [0.15, 0.2) is 12.2 Å². The van der Waals surface area contributed by atoms with Crippen LogP contribution in [0, 0.1) is 17.8 Å². The Kier molecular flexibility index (Phi) is 19.3. The maximum Gasteiger partial charge on any atom is -0.0322 e. The Morgan fingerprint density at radius 3 is 1.77 bits per heavy atom. The lowest BCUT2D eigenvalue weighted by molar-refractivity contribution is 0.339. The number of rotatable bonds is 19. The number of hydrogen-bond donors (Lipinski definition) is 0. The molecule has 0 saturated carbocycles. The summed E-state index contributed by atoms with van der Waals surface area (Å²) in [7, 11) is 0. The Morgan fingerprint density at radius 2 is 1.15 bits per heavy atom. The van der Waals surface area contributed by atoms with E-state index in [0.29, 0.717) is 0 Å². The van der Waals surface area contributed by atoms with E-state index in [2.05, 4.69) is 46.8 Å². The highest BCUT2D eigenvalue weighted by molar-refractivity contribution is 4.85. The van der Waals surface area contributed by atoms with Gasteiger partial charge in [0.1, 0.15) is 0 Å². The number of allylic oxidation sites excluding steroid dienone is 2. The highest BCUT2D eigenvalue weighted by Crippen LogP contribution is 2.24. The number of unbranched alkanes of at least 4 members (excludes halogenated alkanes) is 7. The van der Waals surface area contributed by atoms with Crippen LogP contribution in [0.5, 0.6) is 0 Å². The molecular formula is C26H52. The SMILES string of the molecule is CCCCCCCCC(CCC=CCC(C)C(CC)CC)CCCCC. The first-order chi connectivity index (χ1) is 12.7. The summed E-state index contributed by atoms with van der Waals surface area (Å²) < 4.78 is 0. The van der Waals surface area contributed by atoms with Gasteiger partial charge in [0.15, 0.2) is 0 Å². The second-order valence-corrected chi connectivity index (χ2v) is 8.76. The summed E-state index contributed by atoms with van der Waals surface area (Å²) in [5.74, 6) is 2.74. The Balaban J connectivity index is 4.02. The molecule has 2 atom stereocenters. The molecule has 0 rings (SSSR count). The molecule has 0 aromatic heterocycles. The molecule has 0 spiro atoms. The highest BCUT2D eigenvalue weighted by Gasteiger charge is 2.11. The Labute approximate surface area is 167 Å². The largest absolute Gasteiger partial charge is 0.0885 e. The zero-order valence-corrected chi connectivity index (χ0v) is 19.2. The van der Waals surface area contributed by atoms with E-state index >= 15 is 0 Å². The van der Waals surface area contributed by atoms with E-state index in [0.717, 1.165) is 17.8 Å². The van der Waals surface area contributed by atoms with Crippen molar-refractivity contribution in [3.8, 4) is 0 Å². The van der Waals surface area contributed by atoms with Crippen molar-refractivity contribution in [2.24, 2.45) is 17.8 Å². The minimum atomic E-state index is 0.852. The summed E-state index contributed by atoms with van der Waals surface area (Å²) in [4.78, 5) is 0. The van der Waals surface area contributed by atoms with Gasteiger partial charge in [0.2, 0.25) is 0 Å². The molecule has 0 N–H and O–H groups in total. The highest BCUT2D eigenvalue weighted by atomic mass is 14.2. The maximum absolute atomic E-state index is 2.49. The van der Waals surface area contributed by atoms with Crippen LogP contribution in [0.2, 0.25) is 0 Å². The molecule has 0 saturated heterocycles. The van der Waals surface area contributed by atoms with Crippen molar-refractivity contribution in [1.82, 2.24) is 0 Å². The number of hydrogen-bond acceptors (Lipinski definition) is 0. The van der Waals surface area contributed by atoms with Gasteiger partial charge in [0, 0.05) is 0 Å². The second kappa shape index (κ2) is 19.5. The molecule has 0 aliphatic carbocycles. The normalized spacial score (nSPS) is 14.4. The molecule has 0 heterocycles. The standard InChI is InChI=1S/C26H52/c1-6-10-12-13-14-18-22-25(21-16-11-7-2)23-19-15-17-20-24(5)26(8-3)9-4/h15,17,24-26H,6-14,16,18-23H2,1-5H3. The topological polar surface area (TPSA) is 0 Å². The van der Waals surface area contributed by atoms with Crippen molar-refractivity contribution in [3.05, 3.63) is 12.2 Å². The average Bonchev–Trinajstić information content (AvgIpc) is 2.64. The van der Waals surface area contributed by atoms with Gasteiger partial charge in [-0.15, -0.1) is 0 Å². The first-order valence-electron chi connectivity index (χ1n) is 12.3. The van der Waals surface area contributed by atoms with Crippen molar-refractivity contribution in [3.63, 3.8) is 0 Å². The summed E-state index contributed by atoms with van der Waals surface area (Å²) in [6.45, 7) is 11.8. The van der Waals surface area contributed by atoms with Gasteiger partial charge in [0.25, 0.3) is 0 Å². The van der Waals surface area contributed by atoms with Crippen LogP contribution in [0.25, 0.3) is 0 Å². The molecule has 26 heavy (non-hydrogen) atoms. The van der Waals surface area contributed by atoms with Crippen molar-refractivity contribution < 1.29 is 0 Å². The van der Waals surface area contributed by atoms with Gasteiger partial charge in [-0.3, -0.25) is 0 Å². The van der Waals surface area contributed by atoms with Crippen LogP contribution in [0.4, 0.5) is 0 Å². The summed E-state index contributed by atoms with van der Waals surface area (Å²) in [6, 6.07) is 0. The van der Waals surface area contributed by atoms with Gasteiger partial charge in [-0.25, -0.2) is 0 Å². The summed E-state index contributed by atoms with van der Waals surface area (Å²) in [6.07, 6.45) is 27.5. The first-order valence-corrected chi connectivity index (χ1v) is 12.3. The molecule has 156 valence electrons. The van der Waals surface area contributed by atoms with Crippen molar-refractivity contribution >= 4 is 0 Å². The van der Waals surface area contributed by atoms with E-state index in [1.807, 2.05) is 0 Å². The molecule has 0 nitrogen and oxygen atoms in total. The molecule has 0 aliphatic rings. The predicted molar refractivity (Wildman–Crippen MR) is 122 cm³/mol. The molecule has 0 amide bonds. The molecule has 0 fully saturated rings. The van der Waals surface area contributed by atoms with Gasteiger partial charge < -0.3 is 0 Å². The molecule has 0 aromatic carbocycles. The summed E-state index contributed by atoms with van der Waals surface area (Å²) in [5.41, 5.74) is 0. The maximum atomic E-state index is 2.49. The lowest BCUT2D eigenvalue weighted by Gasteiger charge is -2.19. The van der Waals surface area contributed by atoms with Crippen molar-refractivity contribution in [2.75, 3.05) is 0 Å². The fourth-order valence-corrected chi connectivity index (χ4v) is 4.38. The van der Waals surface area contributed by atoms with Gasteiger partial charge in [-0.1, -0.05) is 130 Å². The third-order valence-corrected chi connectivity index (χ3v) is 6.45. The van der Waals surface area contributed by atoms with E-state index in [4.69, 9.17) is 0 Å².